The first-order chi connectivity index (χ1) is 13.7. The van der Waals surface area contributed by atoms with Gasteiger partial charge in [-0.3, -0.25) is 4.90 Å². The lowest BCUT2D eigenvalue weighted by Gasteiger charge is -2.34. The summed E-state index contributed by atoms with van der Waals surface area (Å²) in [5.41, 5.74) is 9.65. The van der Waals surface area contributed by atoms with E-state index in [1.54, 1.807) is 11.8 Å². The summed E-state index contributed by atoms with van der Waals surface area (Å²) in [5.74, 6) is 2.67. The minimum atomic E-state index is -0.220. The van der Waals surface area contributed by atoms with Gasteiger partial charge in [-0.15, -0.1) is 5.10 Å². The van der Waals surface area contributed by atoms with E-state index in [4.69, 9.17) is 19.9 Å². The molecule has 2 aliphatic heterocycles. The van der Waals surface area contributed by atoms with Crippen LogP contribution in [-0.2, 0) is 6.42 Å². The van der Waals surface area contributed by atoms with Crippen LogP contribution in [0, 0.1) is 0 Å². The van der Waals surface area contributed by atoms with Crippen molar-refractivity contribution in [1.82, 2.24) is 25.1 Å². The van der Waals surface area contributed by atoms with E-state index >= 15 is 0 Å². The van der Waals surface area contributed by atoms with Crippen LogP contribution in [0.3, 0.4) is 0 Å². The van der Waals surface area contributed by atoms with Gasteiger partial charge in [0.2, 0.25) is 12.5 Å². The zero-order valence-corrected chi connectivity index (χ0v) is 15.6. The second-order valence-corrected chi connectivity index (χ2v) is 6.86. The Labute approximate surface area is 161 Å². The summed E-state index contributed by atoms with van der Waals surface area (Å²) in [7, 11) is 3.69. The largest absolute Gasteiger partial charge is 0.492 e. The highest BCUT2D eigenvalue weighted by atomic mass is 16.7. The Hall–Kier alpha value is -3.33. The van der Waals surface area contributed by atoms with Gasteiger partial charge in [-0.2, -0.15) is 4.68 Å². The molecule has 2 aromatic carbocycles. The molecule has 0 spiro atoms. The molecule has 1 aromatic heterocycles. The maximum atomic E-state index is 6.18. The minimum absolute atomic E-state index is 0.188. The second-order valence-electron chi connectivity index (χ2n) is 6.86. The number of para-hydroxylation sites is 2. The van der Waals surface area contributed by atoms with E-state index in [-0.39, 0.29) is 12.8 Å². The number of aromatic nitrogens is 4. The van der Waals surface area contributed by atoms with Crippen molar-refractivity contribution in [2.24, 2.45) is 0 Å². The summed E-state index contributed by atoms with van der Waals surface area (Å²) in [5, 5.41) is 12.5. The molecule has 3 aromatic rings. The van der Waals surface area contributed by atoms with Crippen molar-refractivity contribution in [2.45, 2.75) is 12.5 Å². The predicted octanol–water partition coefficient (Wildman–Crippen LogP) is 1.56. The van der Waals surface area contributed by atoms with Gasteiger partial charge >= 0.3 is 0 Å². The monoisotopic (exact) mass is 380 g/mol. The van der Waals surface area contributed by atoms with E-state index in [1.807, 2.05) is 37.4 Å². The molecular weight excluding hydrogens is 360 g/mol. The summed E-state index contributed by atoms with van der Waals surface area (Å²) < 4.78 is 18.7. The number of benzene rings is 2. The van der Waals surface area contributed by atoms with Crippen molar-refractivity contribution < 1.29 is 14.2 Å². The number of fused-ring (bicyclic) bond motifs is 2. The predicted molar refractivity (Wildman–Crippen MR) is 101 cm³/mol. The highest BCUT2D eigenvalue weighted by Gasteiger charge is 2.37. The molecular formula is C19H20N6O3. The van der Waals surface area contributed by atoms with Crippen molar-refractivity contribution in [3.05, 3.63) is 47.3 Å². The minimum Gasteiger partial charge on any atom is -0.492 e. The van der Waals surface area contributed by atoms with Gasteiger partial charge in [0.15, 0.2) is 17.3 Å². The van der Waals surface area contributed by atoms with Crippen molar-refractivity contribution in [1.29, 1.82) is 0 Å². The van der Waals surface area contributed by atoms with Crippen LogP contribution in [0.1, 0.15) is 23.0 Å². The quantitative estimate of drug-likeness (QED) is 0.683. The number of methoxy groups -OCH3 is 1. The molecule has 144 valence electrons. The van der Waals surface area contributed by atoms with Crippen molar-refractivity contribution >= 4 is 5.69 Å². The average molecular weight is 380 g/mol. The van der Waals surface area contributed by atoms with Gasteiger partial charge in [-0.1, -0.05) is 12.1 Å². The van der Waals surface area contributed by atoms with E-state index in [9.17, 15) is 0 Å². The van der Waals surface area contributed by atoms with E-state index < -0.39 is 0 Å². The third kappa shape index (κ3) is 2.40. The van der Waals surface area contributed by atoms with Crippen LogP contribution in [0.15, 0.2) is 30.3 Å². The van der Waals surface area contributed by atoms with E-state index in [0.29, 0.717) is 28.8 Å². The summed E-state index contributed by atoms with van der Waals surface area (Å²) >= 11 is 0. The second kappa shape index (κ2) is 6.38. The number of tetrazole rings is 1. The average Bonchev–Trinajstić information content (AvgIpc) is 3.36. The van der Waals surface area contributed by atoms with Crippen LogP contribution in [0.4, 0.5) is 5.69 Å². The van der Waals surface area contributed by atoms with Crippen LogP contribution in [0.5, 0.6) is 17.2 Å². The summed E-state index contributed by atoms with van der Waals surface area (Å²) in [6.07, 6.45) is 0.865. The maximum absolute atomic E-state index is 6.18. The number of likely N-dealkylation sites (N-methyl/N-ethyl adjacent to an activating group) is 1. The SMILES string of the molecule is COc1c2c(cc3c1[C@@H](c1nnnn1-c1ccccc1N)N(C)CC3)OCO2. The lowest BCUT2D eigenvalue weighted by atomic mass is 9.90. The van der Waals surface area contributed by atoms with Crippen LogP contribution >= 0.6 is 0 Å². The zero-order valence-electron chi connectivity index (χ0n) is 15.6. The van der Waals surface area contributed by atoms with Gasteiger partial charge in [-0.05, 0) is 47.7 Å². The van der Waals surface area contributed by atoms with Crippen LogP contribution in [0.2, 0.25) is 0 Å². The third-order valence-corrected chi connectivity index (χ3v) is 5.30. The van der Waals surface area contributed by atoms with Crippen LogP contribution in [-0.4, -0.2) is 52.6 Å². The Morgan fingerprint density at radius 1 is 1.25 bits per heavy atom. The number of nitrogen functional groups attached to an aromatic ring is 1. The van der Waals surface area contributed by atoms with Gasteiger partial charge in [0.25, 0.3) is 0 Å². The fraction of sp³-hybridized carbons (Fsp3) is 0.316. The molecule has 0 bridgehead atoms. The number of rotatable bonds is 3. The molecule has 9 heteroatoms. The first-order valence-electron chi connectivity index (χ1n) is 9.01. The lowest BCUT2D eigenvalue weighted by Crippen LogP contribution is -2.35. The van der Waals surface area contributed by atoms with Crippen molar-refractivity contribution in [3.8, 4) is 22.9 Å². The molecule has 1 atom stereocenters. The number of anilines is 1. The normalized spacial score (nSPS) is 18.1. The number of nitrogens with zero attached hydrogens (tertiary/aromatic N) is 5. The summed E-state index contributed by atoms with van der Waals surface area (Å²) in [6, 6.07) is 9.34. The first kappa shape index (κ1) is 16.8. The fourth-order valence-corrected chi connectivity index (χ4v) is 3.98. The standard InChI is InChI=1S/C19H20N6O3/c1-24-8-7-11-9-14-17(28-10-27-14)18(26-2)15(11)16(24)19-21-22-23-25(19)13-6-4-3-5-12(13)20/h3-6,9,16H,7-8,10,20H2,1-2H3/t16-/m0/s1. The topological polar surface area (TPSA) is 101 Å². The molecule has 0 unspecified atom stereocenters. The number of nitrogens with two attached hydrogens (primary N) is 1. The molecule has 0 amide bonds. The molecule has 28 heavy (non-hydrogen) atoms. The summed E-state index contributed by atoms with van der Waals surface area (Å²) in [4.78, 5) is 2.20. The number of hydrogen-bond acceptors (Lipinski definition) is 8. The van der Waals surface area contributed by atoms with Crippen molar-refractivity contribution in [3.63, 3.8) is 0 Å². The summed E-state index contributed by atoms with van der Waals surface area (Å²) in [6.45, 7) is 1.03. The number of hydrogen-bond donors (Lipinski definition) is 1. The Morgan fingerprint density at radius 3 is 2.93 bits per heavy atom. The Morgan fingerprint density at radius 2 is 2.11 bits per heavy atom. The molecule has 0 saturated carbocycles. The fourth-order valence-electron chi connectivity index (χ4n) is 3.98. The van der Waals surface area contributed by atoms with E-state index in [2.05, 4.69) is 20.4 Å². The number of ether oxygens (including phenoxy) is 3. The Balaban J connectivity index is 1.72. The maximum Gasteiger partial charge on any atom is 0.231 e. The van der Waals surface area contributed by atoms with E-state index in [1.165, 1.54) is 0 Å². The lowest BCUT2D eigenvalue weighted by molar-refractivity contribution is 0.170. The third-order valence-electron chi connectivity index (χ3n) is 5.30. The molecule has 3 heterocycles. The molecule has 2 N–H and O–H groups in total. The molecule has 0 radical (unpaired) electrons. The Kier molecular flexibility index (Phi) is 3.83. The molecule has 5 rings (SSSR count). The molecule has 2 aliphatic rings. The Bertz CT molecular complexity index is 1050. The van der Waals surface area contributed by atoms with Gasteiger partial charge in [0.1, 0.15) is 6.04 Å². The molecule has 9 nitrogen and oxygen atoms in total. The van der Waals surface area contributed by atoms with Crippen molar-refractivity contribution in [2.75, 3.05) is 33.2 Å². The van der Waals surface area contributed by atoms with Crippen LogP contribution < -0.4 is 19.9 Å². The van der Waals surface area contributed by atoms with Crippen LogP contribution in [0.25, 0.3) is 5.69 Å². The highest BCUT2D eigenvalue weighted by molar-refractivity contribution is 5.63. The van der Waals surface area contributed by atoms with Gasteiger partial charge in [-0.25, -0.2) is 0 Å². The van der Waals surface area contributed by atoms with E-state index in [0.717, 1.165) is 29.8 Å². The molecule has 0 aliphatic carbocycles. The van der Waals surface area contributed by atoms with Gasteiger partial charge in [0, 0.05) is 12.1 Å². The van der Waals surface area contributed by atoms with Gasteiger partial charge in [0.05, 0.1) is 18.5 Å². The first-order valence-corrected chi connectivity index (χ1v) is 9.01. The highest BCUT2D eigenvalue weighted by Crippen LogP contribution is 2.50. The molecule has 0 saturated heterocycles. The smallest absolute Gasteiger partial charge is 0.231 e. The zero-order chi connectivity index (χ0) is 19.3. The van der Waals surface area contributed by atoms with Gasteiger partial charge < -0.3 is 19.9 Å². The molecule has 0 fully saturated rings.